The standard InChI is InChI=1S/C22H22ClN3O2/c23-21-9-7-17-12-18(6-8-20(17)25-21)22(27)24-13-19-15-26(10-11-28-19)14-16-4-2-1-3-5-16/h1-9,12,19H,10-11,13-15H2,(H,24,27). The van der Waals surface area contributed by atoms with Crippen molar-refractivity contribution < 1.29 is 9.53 Å². The monoisotopic (exact) mass is 395 g/mol. The quantitative estimate of drug-likeness (QED) is 0.671. The Hall–Kier alpha value is -2.47. The molecule has 1 fully saturated rings. The van der Waals surface area contributed by atoms with Crippen LogP contribution in [0.5, 0.6) is 0 Å². The molecule has 0 saturated carbocycles. The average molecular weight is 396 g/mol. The van der Waals surface area contributed by atoms with Crippen LogP contribution in [-0.2, 0) is 11.3 Å². The van der Waals surface area contributed by atoms with Crippen LogP contribution in [0.15, 0.2) is 60.7 Å². The normalized spacial score (nSPS) is 17.5. The molecule has 1 atom stereocenters. The number of carbonyl (C=O) groups excluding carboxylic acids is 1. The van der Waals surface area contributed by atoms with E-state index < -0.39 is 0 Å². The topological polar surface area (TPSA) is 54.5 Å². The first-order valence-corrected chi connectivity index (χ1v) is 9.77. The molecule has 0 bridgehead atoms. The number of amides is 1. The molecule has 144 valence electrons. The number of benzene rings is 2. The number of rotatable bonds is 5. The highest BCUT2D eigenvalue weighted by atomic mass is 35.5. The van der Waals surface area contributed by atoms with Gasteiger partial charge in [-0.1, -0.05) is 41.9 Å². The molecule has 0 spiro atoms. The minimum Gasteiger partial charge on any atom is -0.374 e. The van der Waals surface area contributed by atoms with Crippen molar-refractivity contribution in [1.82, 2.24) is 15.2 Å². The van der Waals surface area contributed by atoms with Crippen molar-refractivity contribution in [3.05, 3.63) is 76.9 Å². The summed E-state index contributed by atoms with van der Waals surface area (Å²) in [5.74, 6) is -0.111. The number of aromatic nitrogens is 1. The highest BCUT2D eigenvalue weighted by molar-refractivity contribution is 6.29. The molecule has 1 aromatic heterocycles. The van der Waals surface area contributed by atoms with E-state index >= 15 is 0 Å². The predicted octanol–water partition coefficient (Wildman–Crippen LogP) is 3.52. The SMILES string of the molecule is O=C(NCC1CN(Cc2ccccc2)CCO1)c1ccc2nc(Cl)ccc2c1. The number of ether oxygens (including phenoxy) is 1. The zero-order chi connectivity index (χ0) is 19.3. The minimum atomic E-state index is -0.111. The van der Waals surface area contributed by atoms with Crippen LogP contribution in [0, 0.1) is 0 Å². The van der Waals surface area contributed by atoms with Gasteiger partial charge < -0.3 is 10.1 Å². The fourth-order valence-corrected chi connectivity index (χ4v) is 3.59. The molecule has 1 unspecified atom stereocenters. The molecule has 6 heteroatoms. The highest BCUT2D eigenvalue weighted by Crippen LogP contribution is 2.17. The summed E-state index contributed by atoms with van der Waals surface area (Å²) < 4.78 is 5.83. The molecule has 1 amide bonds. The van der Waals surface area contributed by atoms with Gasteiger partial charge in [0.2, 0.25) is 0 Å². The van der Waals surface area contributed by atoms with E-state index in [4.69, 9.17) is 16.3 Å². The van der Waals surface area contributed by atoms with Crippen LogP contribution in [0.2, 0.25) is 5.15 Å². The van der Waals surface area contributed by atoms with E-state index in [-0.39, 0.29) is 12.0 Å². The lowest BCUT2D eigenvalue weighted by Gasteiger charge is -2.33. The first-order chi connectivity index (χ1) is 13.7. The fourth-order valence-electron chi connectivity index (χ4n) is 3.44. The van der Waals surface area contributed by atoms with Gasteiger partial charge in [0.25, 0.3) is 5.91 Å². The van der Waals surface area contributed by atoms with Crippen molar-refractivity contribution in [2.75, 3.05) is 26.2 Å². The van der Waals surface area contributed by atoms with Gasteiger partial charge in [0.15, 0.2) is 0 Å². The molecule has 2 heterocycles. The Bertz CT molecular complexity index is 964. The summed E-state index contributed by atoms with van der Waals surface area (Å²) in [5.41, 5.74) is 2.67. The number of halogens is 1. The van der Waals surface area contributed by atoms with Crippen molar-refractivity contribution in [3.8, 4) is 0 Å². The zero-order valence-corrected chi connectivity index (χ0v) is 16.2. The van der Waals surface area contributed by atoms with Gasteiger partial charge in [-0.3, -0.25) is 9.69 Å². The summed E-state index contributed by atoms with van der Waals surface area (Å²) in [4.78, 5) is 19.2. The second-order valence-corrected chi connectivity index (χ2v) is 7.35. The number of morpholine rings is 1. The van der Waals surface area contributed by atoms with Gasteiger partial charge in [-0.2, -0.15) is 0 Å². The van der Waals surface area contributed by atoms with Crippen molar-refractivity contribution >= 4 is 28.4 Å². The van der Waals surface area contributed by atoms with E-state index in [1.807, 2.05) is 24.3 Å². The maximum Gasteiger partial charge on any atom is 0.251 e. The predicted molar refractivity (Wildman–Crippen MR) is 111 cm³/mol. The Labute approximate surface area is 169 Å². The third-order valence-corrected chi connectivity index (χ3v) is 5.09. The van der Waals surface area contributed by atoms with E-state index in [2.05, 4.69) is 39.5 Å². The van der Waals surface area contributed by atoms with Gasteiger partial charge in [-0.25, -0.2) is 4.98 Å². The van der Waals surface area contributed by atoms with E-state index in [1.54, 1.807) is 12.1 Å². The average Bonchev–Trinajstić information content (AvgIpc) is 2.72. The van der Waals surface area contributed by atoms with Crippen LogP contribution in [0.1, 0.15) is 15.9 Å². The molecule has 1 N–H and O–H groups in total. The Morgan fingerprint density at radius 3 is 2.89 bits per heavy atom. The first-order valence-electron chi connectivity index (χ1n) is 9.40. The molecule has 28 heavy (non-hydrogen) atoms. The van der Waals surface area contributed by atoms with Crippen LogP contribution in [-0.4, -0.2) is 48.1 Å². The molecular formula is C22H22ClN3O2. The number of hydrogen-bond donors (Lipinski definition) is 1. The number of nitrogens with one attached hydrogen (secondary N) is 1. The van der Waals surface area contributed by atoms with E-state index in [0.29, 0.717) is 23.9 Å². The second-order valence-electron chi connectivity index (χ2n) is 6.96. The molecule has 2 aromatic carbocycles. The summed E-state index contributed by atoms with van der Waals surface area (Å²) in [6, 6.07) is 19.4. The van der Waals surface area contributed by atoms with Gasteiger partial charge in [0.1, 0.15) is 5.15 Å². The Kier molecular flexibility index (Phi) is 5.86. The maximum atomic E-state index is 12.5. The molecule has 4 rings (SSSR count). The molecular weight excluding hydrogens is 374 g/mol. The summed E-state index contributed by atoms with van der Waals surface area (Å²) in [6.07, 6.45) is -0.0117. The maximum absolute atomic E-state index is 12.5. The number of hydrogen-bond acceptors (Lipinski definition) is 4. The van der Waals surface area contributed by atoms with Crippen LogP contribution >= 0.6 is 11.6 Å². The lowest BCUT2D eigenvalue weighted by Crippen LogP contribution is -2.47. The number of pyridine rings is 1. The Balaban J connectivity index is 1.33. The Morgan fingerprint density at radius 2 is 2.04 bits per heavy atom. The number of nitrogens with zero attached hydrogens (tertiary/aromatic N) is 2. The molecule has 0 radical (unpaired) electrons. The molecule has 3 aromatic rings. The third-order valence-electron chi connectivity index (χ3n) is 4.88. The number of carbonyl (C=O) groups is 1. The molecule has 0 aliphatic carbocycles. The lowest BCUT2D eigenvalue weighted by atomic mass is 10.1. The van der Waals surface area contributed by atoms with E-state index in [9.17, 15) is 4.79 Å². The van der Waals surface area contributed by atoms with Crippen molar-refractivity contribution in [2.45, 2.75) is 12.6 Å². The van der Waals surface area contributed by atoms with E-state index in [1.165, 1.54) is 5.56 Å². The largest absolute Gasteiger partial charge is 0.374 e. The lowest BCUT2D eigenvalue weighted by molar-refractivity contribution is -0.0292. The van der Waals surface area contributed by atoms with E-state index in [0.717, 1.165) is 30.5 Å². The molecule has 5 nitrogen and oxygen atoms in total. The second kappa shape index (κ2) is 8.69. The van der Waals surface area contributed by atoms with Gasteiger partial charge in [0.05, 0.1) is 18.2 Å². The van der Waals surface area contributed by atoms with Crippen LogP contribution in [0.3, 0.4) is 0 Å². The van der Waals surface area contributed by atoms with Gasteiger partial charge in [-0.05, 0) is 35.9 Å². The van der Waals surface area contributed by atoms with Crippen LogP contribution in [0.25, 0.3) is 10.9 Å². The summed E-state index contributed by atoms with van der Waals surface area (Å²) in [6.45, 7) is 3.76. The summed E-state index contributed by atoms with van der Waals surface area (Å²) >= 11 is 5.91. The molecule has 1 aliphatic heterocycles. The highest BCUT2D eigenvalue weighted by Gasteiger charge is 2.21. The van der Waals surface area contributed by atoms with Crippen LogP contribution < -0.4 is 5.32 Å². The number of fused-ring (bicyclic) bond motifs is 1. The zero-order valence-electron chi connectivity index (χ0n) is 15.5. The summed E-state index contributed by atoms with van der Waals surface area (Å²) in [5, 5.41) is 4.32. The molecule has 1 saturated heterocycles. The van der Waals surface area contributed by atoms with Gasteiger partial charge in [0, 0.05) is 37.1 Å². The fraction of sp³-hybridized carbons (Fsp3) is 0.273. The Morgan fingerprint density at radius 1 is 1.18 bits per heavy atom. The van der Waals surface area contributed by atoms with Gasteiger partial charge in [-0.15, -0.1) is 0 Å². The van der Waals surface area contributed by atoms with Crippen molar-refractivity contribution in [1.29, 1.82) is 0 Å². The smallest absolute Gasteiger partial charge is 0.251 e. The van der Waals surface area contributed by atoms with Gasteiger partial charge >= 0.3 is 0 Å². The minimum absolute atomic E-state index is 0.0117. The van der Waals surface area contributed by atoms with Crippen molar-refractivity contribution in [2.24, 2.45) is 0 Å². The summed E-state index contributed by atoms with van der Waals surface area (Å²) in [7, 11) is 0. The third kappa shape index (κ3) is 4.68. The molecule has 1 aliphatic rings. The first kappa shape index (κ1) is 18.9. The van der Waals surface area contributed by atoms with Crippen molar-refractivity contribution in [3.63, 3.8) is 0 Å². The van der Waals surface area contributed by atoms with Crippen LogP contribution in [0.4, 0.5) is 0 Å².